The minimum Gasteiger partial charge on any atom is -0.508 e. The molecule has 4 nitrogen and oxygen atoms in total. The minimum atomic E-state index is 0.303. The molecule has 0 atom stereocenters. The number of nitrogens with zero attached hydrogens (tertiary/aromatic N) is 2. The Morgan fingerprint density at radius 3 is 2.55 bits per heavy atom. The molecule has 106 valence electrons. The Kier molecular flexibility index (Phi) is 3.49. The number of hydrogen-bond donors (Lipinski definition) is 2. The molecule has 1 aromatic heterocycles. The average Bonchev–Trinajstić information content (AvgIpc) is 2.64. The van der Waals surface area contributed by atoms with Crippen LogP contribution < -0.4 is 5.32 Å². The molecule has 0 saturated carbocycles. The number of hydrogen-bond acceptors (Lipinski definition) is 3. The third-order valence-electron chi connectivity index (χ3n) is 3.81. The molecule has 20 heavy (non-hydrogen) atoms. The Hall–Kier alpha value is -1.81. The van der Waals surface area contributed by atoms with E-state index in [0.717, 1.165) is 31.5 Å². The Labute approximate surface area is 119 Å². The van der Waals surface area contributed by atoms with Crippen molar-refractivity contribution in [1.82, 2.24) is 15.1 Å². The number of phenolic OH excluding ortho intramolecular Hbond substituents is 1. The van der Waals surface area contributed by atoms with Crippen LogP contribution in [-0.4, -0.2) is 28.0 Å². The summed E-state index contributed by atoms with van der Waals surface area (Å²) in [6.07, 6.45) is 2.00. The highest BCUT2D eigenvalue weighted by Crippen LogP contribution is 2.31. The maximum atomic E-state index is 9.48. The second-order valence-electron chi connectivity index (χ2n) is 5.61. The number of nitrogens with one attached hydrogen (secondary N) is 1. The molecule has 2 aromatic rings. The number of rotatable bonds is 2. The lowest BCUT2D eigenvalue weighted by Gasteiger charge is -2.13. The Morgan fingerprint density at radius 2 is 1.85 bits per heavy atom. The standard InChI is InChI=1S/C16H21N3O/c1-11(2)19-16(12-3-5-13(20)6-4-12)14-7-9-17-10-8-15(14)18-19/h3-6,11,17,20H,7-10H2,1-2H3. The number of aromatic hydroxyl groups is 1. The van der Waals surface area contributed by atoms with Crippen molar-refractivity contribution in [3.8, 4) is 17.0 Å². The van der Waals surface area contributed by atoms with E-state index in [-0.39, 0.29) is 0 Å². The molecule has 0 saturated heterocycles. The largest absolute Gasteiger partial charge is 0.508 e. The molecule has 1 aliphatic rings. The molecular formula is C16H21N3O. The zero-order valence-corrected chi connectivity index (χ0v) is 12.1. The van der Waals surface area contributed by atoms with Crippen LogP contribution >= 0.6 is 0 Å². The van der Waals surface area contributed by atoms with Crippen LogP contribution in [0.1, 0.15) is 31.1 Å². The van der Waals surface area contributed by atoms with Crippen LogP contribution in [0.5, 0.6) is 5.75 Å². The number of phenols is 1. The molecule has 4 heteroatoms. The van der Waals surface area contributed by atoms with Crippen molar-refractivity contribution < 1.29 is 5.11 Å². The van der Waals surface area contributed by atoms with Crippen LogP contribution in [0.25, 0.3) is 11.3 Å². The van der Waals surface area contributed by atoms with E-state index >= 15 is 0 Å². The van der Waals surface area contributed by atoms with Gasteiger partial charge in [-0.05, 0) is 51.1 Å². The van der Waals surface area contributed by atoms with Gasteiger partial charge in [0, 0.05) is 30.1 Å². The summed E-state index contributed by atoms with van der Waals surface area (Å²) < 4.78 is 2.13. The van der Waals surface area contributed by atoms with E-state index in [1.165, 1.54) is 17.0 Å². The number of fused-ring (bicyclic) bond motifs is 1. The first-order valence-electron chi connectivity index (χ1n) is 7.27. The van der Waals surface area contributed by atoms with Crippen LogP contribution in [0.15, 0.2) is 24.3 Å². The zero-order valence-electron chi connectivity index (χ0n) is 12.1. The van der Waals surface area contributed by atoms with Crippen molar-refractivity contribution in [2.45, 2.75) is 32.7 Å². The molecule has 0 aliphatic carbocycles. The quantitative estimate of drug-likeness (QED) is 0.882. The van der Waals surface area contributed by atoms with Gasteiger partial charge in [-0.3, -0.25) is 4.68 Å². The third kappa shape index (κ3) is 2.31. The lowest BCUT2D eigenvalue weighted by molar-refractivity contribution is 0.475. The SMILES string of the molecule is CC(C)n1nc2c(c1-c1ccc(O)cc1)CCNCC2. The van der Waals surface area contributed by atoms with E-state index in [1.54, 1.807) is 12.1 Å². The van der Waals surface area contributed by atoms with Crippen molar-refractivity contribution in [2.75, 3.05) is 13.1 Å². The van der Waals surface area contributed by atoms with Crippen molar-refractivity contribution >= 4 is 0 Å². The van der Waals surface area contributed by atoms with E-state index in [0.29, 0.717) is 11.8 Å². The van der Waals surface area contributed by atoms with Crippen LogP contribution in [0.4, 0.5) is 0 Å². The van der Waals surface area contributed by atoms with Gasteiger partial charge in [0.15, 0.2) is 0 Å². The molecule has 3 rings (SSSR count). The fourth-order valence-corrected chi connectivity index (χ4v) is 2.82. The van der Waals surface area contributed by atoms with Gasteiger partial charge < -0.3 is 10.4 Å². The third-order valence-corrected chi connectivity index (χ3v) is 3.81. The summed E-state index contributed by atoms with van der Waals surface area (Å²) >= 11 is 0. The molecule has 1 aliphatic heterocycles. The normalized spacial score (nSPS) is 15.2. The summed E-state index contributed by atoms with van der Waals surface area (Å²) in [5, 5.41) is 17.7. The molecule has 1 aromatic carbocycles. The first kappa shape index (κ1) is 13.2. The Bertz CT molecular complexity index is 599. The van der Waals surface area contributed by atoms with Gasteiger partial charge in [-0.25, -0.2) is 0 Å². The molecule has 0 spiro atoms. The van der Waals surface area contributed by atoms with E-state index in [4.69, 9.17) is 5.10 Å². The monoisotopic (exact) mass is 271 g/mol. The van der Waals surface area contributed by atoms with Gasteiger partial charge >= 0.3 is 0 Å². The predicted octanol–water partition coefficient (Wildman–Crippen LogP) is 2.52. The summed E-state index contributed by atoms with van der Waals surface area (Å²) in [6.45, 7) is 6.32. The van der Waals surface area contributed by atoms with Crippen LogP contribution in [0.2, 0.25) is 0 Å². The molecule has 2 heterocycles. The smallest absolute Gasteiger partial charge is 0.115 e. The van der Waals surface area contributed by atoms with E-state index in [2.05, 4.69) is 23.8 Å². The molecule has 0 amide bonds. The molecular weight excluding hydrogens is 250 g/mol. The summed E-state index contributed by atoms with van der Waals surface area (Å²) in [6, 6.07) is 7.77. The zero-order chi connectivity index (χ0) is 14.1. The molecule has 0 bridgehead atoms. The van der Waals surface area contributed by atoms with Crippen molar-refractivity contribution in [1.29, 1.82) is 0 Å². The highest BCUT2D eigenvalue weighted by atomic mass is 16.3. The molecule has 2 N–H and O–H groups in total. The lowest BCUT2D eigenvalue weighted by Crippen LogP contribution is -2.17. The molecule has 0 fully saturated rings. The minimum absolute atomic E-state index is 0.303. The van der Waals surface area contributed by atoms with Gasteiger partial charge in [-0.2, -0.15) is 5.10 Å². The van der Waals surface area contributed by atoms with Gasteiger partial charge in [0.25, 0.3) is 0 Å². The Balaban J connectivity index is 2.16. The summed E-state index contributed by atoms with van der Waals surface area (Å²) in [5.74, 6) is 0.303. The van der Waals surface area contributed by atoms with Gasteiger partial charge in [0.2, 0.25) is 0 Å². The maximum Gasteiger partial charge on any atom is 0.115 e. The van der Waals surface area contributed by atoms with Crippen LogP contribution in [0, 0.1) is 0 Å². The van der Waals surface area contributed by atoms with Crippen LogP contribution in [-0.2, 0) is 12.8 Å². The van der Waals surface area contributed by atoms with Crippen molar-refractivity contribution in [3.63, 3.8) is 0 Å². The fraction of sp³-hybridized carbons (Fsp3) is 0.438. The second kappa shape index (κ2) is 5.29. The van der Waals surface area contributed by atoms with Gasteiger partial charge in [0.05, 0.1) is 11.4 Å². The summed E-state index contributed by atoms with van der Waals surface area (Å²) in [5.41, 5.74) is 4.91. The van der Waals surface area contributed by atoms with Gasteiger partial charge in [0.1, 0.15) is 5.75 Å². The van der Waals surface area contributed by atoms with Crippen LogP contribution in [0.3, 0.4) is 0 Å². The van der Waals surface area contributed by atoms with Gasteiger partial charge in [-0.15, -0.1) is 0 Å². The molecule has 0 unspecified atom stereocenters. The topological polar surface area (TPSA) is 50.1 Å². The van der Waals surface area contributed by atoms with E-state index in [9.17, 15) is 5.11 Å². The van der Waals surface area contributed by atoms with Gasteiger partial charge in [-0.1, -0.05) is 0 Å². The van der Waals surface area contributed by atoms with E-state index in [1.807, 2.05) is 12.1 Å². The summed E-state index contributed by atoms with van der Waals surface area (Å²) in [7, 11) is 0. The predicted molar refractivity (Wildman–Crippen MR) is 80.0 cm³/mol. The Morgan fingerprint density at radius 1 is 1.15 bits per heavy atom. The second-order valence-corrected chi connectivity index (χ2v) is 5.61. The van der Waals surface area contributed by atoms with Crippen molar-refractivity contribution in [3.05, 3.63) is 35.5 Å². The maximum absolute atomic E-state index is 9.48. The highest BCUT2D eigenvalue weighted by molar-refractivity contribution is 5.66. The lowest BCUT2D eigenvalue weighted by atomic mass is 10.0. The van der Waals surface area contributed by atoms with Crippen molar-refractivity contribution in [2.24, 2.45) is 0 Å². The van der Waals surface area contributed by atoms with E-state index < -0.39 is 0 Å². The highest BCUT2D eigenvalue weighted by Gasteiger charge is 2.21. The number of aromatic nitrogens is 2. The molecule has 0 radical (unpaired) electrons. The summed E-state index contributed by atoms with van der Waals surface area (Å²) in [4.78, 5) is 0. The first-order valence-corrected chi connectivity index (χ1v) is 7.27. The number of benzene rings is 1. The average molecular weight is 271 g/mol. The first-order chi connectivity index (χ1) is 9.66. The fourth-order valence-electron chi connectivity index (χ4n) is 2.82.